The van der Waals surface area contributed by atoms with Crippen molar-refractivity contribution in [3.8, 4) is 11.1 Å². The highest BCUT2D eigenvalue weighted by Gasteiger charge is 2.20. The molecule has 1 saturated carbocycles. The van der Waals surface area contributed by atoms with Crippen molar-refractivity contribution in [2.75, 3.05) is 0 Å². The number of rotatable bonds is 4. The molecule has 0 radical (unpaired) electrons. The van der Waals surface area contributed by atoms with Gasteiger partial charge in [-0.3, -0.25) is 0 Å². The van der Waals surface area contributed by atoms with Crippen molar-refractivity contribution in [2.45, 2.75) is 38.6 Å². The van der Waals surface area contributed by atoms with Crippen LogP contribution in [0.5, 0.6) is 0 Å². The Labute approximate surface area is 123 Å². The zero-order valence-electron chi connectivity index (χ0n) is 11.9. The molecule has 1 heterocycles. The van der Waals surface area contributed by atoms with E-state index in [1.54, 1.807) is 6.07 Å². The van der Waals surface area contributed by atoms with Crippen molar-refractivity contribution in [1.29, 1.82) is 0 Å². The average Bonchev–Trinajstić information content (AvgIpc) is 3.21. The Hall–Kier alpha value is -1.71. The fraction of sp³-hybridized carbons (Fsp3) is 0.333. The molecule has 0 bridgehead atoms. The predicted molar refractivity (Wildman–Crippen MR) is 80.2 cm³/mol. The third-order valence-corrected chi connectivity index (χ3v) is 4.27. The van der Waals surface area contributed by atoms with Crippen LogP contribution < -0.4 is 5.32 Å². The first-order valence-corrected chi connectivity index (χ1v) is 7.51. The standard InChI is InChI=1S/C18H18FNO/c19-18-8-13(1-3-14(18)9-20-17-5-6-17)12-2-4-15-10-21-11-16(15)7-12/h1-4,7-8,17,20H,5-6,9-11H2. The molecule has 1 N–H and O–H groups in total. The summed E-state index contributed by atoms with van der Waals surface area (Å²) in [6.07, 6.45) is 2.44. The van der Waals surface area contributed by atoms with Crippen LogP contribution in [0.4, 0.5) is 4.39 Å². The van der Waals surface area contributed by atoms with Gasteiger partial charge in [-0.2, -0.15) is 0 Å². The van der Waals surface area contributed by atoms with Gasteiger partial charge in [0.05, 0.1) is 13.2 Å². The maximum atomic E-state index is 14.2. The first kappa shape index (κ1) is 13.0. The van der Waals surface area contributed by atoms with E-state index in [0.717, 1.165) is 16.7 Å². The molecule has 2 nitrogen and oxygen atoms in total. The fourth-order valence-corrected chi connectivity index (χ4v) is 2.76. The molecular formula is C18H18FNO. The molecule has 1 fully saturated rings. The molecule has 0 saturated heterocycles. The Morgan fingerprint density at radius 1 is 1.00 bits per heavy atom. The van der Waals surface area contributed by atoms with Crippen molar-refractivity contribution >= 4 is 0 Å². The normalized spacial score (nSPS) is 17.0. The van der Waals surface area contributed by atoms with E-state index in [0.29, 0.717) is 25.8 Å². The van der Waals surface area contributed by atoms with E-state index in [1.165, 1.54) is 24.0 Å². The highest BCUT2D eigenvalue weighted by Crippen LogP contribution is 2.28. The van der Waals surface area contributed by atoms with Crippen LogP contribution in [-0.2, 0) is 24.5 Å². The summed E-state index contributed by atoms with van der Waals surface area (Å²) in [7, 11) is 0. The second kappa shape index (κ2) is 5.24. The van der Waals surface area contributed by atoms with Crippen LogP contribution in [0.3, 0.4) is 0 Å². The van der Waals surface area contributed by atoms with Crippen molar-refractivity contribution in [3.05, 3.63) is 58.9 Å². The molecule has 0 atom stereocenters. The molecule has 1 aliphatic heterocycles. The average molecular weight is 283 g/mol. The monoisotopic (exact) mass is 283 g/mol. The Morgan fingerprint density at radius 2 is 1.76 bits per heavy atom. The zero-order chi connectivity index (χ0) is 14.2. The van der Waals surface area contributed by atoms with Gasteiger partial charge in [0.2, 0.25) is 0 Å². The van der Waals surface area contributed by atoms with Gasteiger partial charge in [0, 0.05) is 18.2 Å². The van der Waals surface area contributed by atoms with Gasteiger partial charge in [-0.05, 0) is 47.2 Å². The molecule has 0 aromatic heterocycles. The van der Waals surface area contributed by atoms with Gasteiger partial charge < -0.3 is 10.1 Å². The number of hydrogen-bond donors (Lipinski definition) is 1. The first-order chi connectivity index (χ1) is 10.3. The van der Waals surface area contributed by atoms with Crippen LogP contribution >= 0.6 is 0 Å². The topological polar surface area (TPSA) is 21.3 Å². The van der Waals surface area contributed by atoms with Gasteiger partial charge >= 0.3 is 0 Å². The third kappa shape index (κ3) is 2.71. The molecule has 1 aliphatic carbocycles. The minimum atomic E-state index is -0.127. The van der Waals surface area contributed by atoms with Gasteiger partial charge in [-0.25, -0.2) is 4.39 Å². The number of hydrogen-bond acceptors (Lipinski definition) is 2. The third-order valence-electron chi connectivity index (χ3n) is 4.27. The largest absolute Gasteiger partial charge is 0.372 e. The maximum absolute atomic E-state index is 14.2. The van der Waals surface area contributed by atoms with Crippen LogP contribution in [0.15, 0.2) is 36.4 Å². The summed E-state index contributed by atoms with van der Waals surface area (Å²) in [4.78, 5) is 0. The molecule has 4 rings (SSSR count). The first-order valence-electron chi connectivity index (χ1n) is 7.51. The van der Waals surface area contributed by atoms with Gasteiger partial charge in [0.1, 0.15) is 5.82 Å². The highest BCUT2D eigenvalue weighted by atomic mass is 19.1. The molecule has 2 aliphatic rings. The molecule has 0 amide bonds. The van der Waals surface area contributed by atoms with Crippen LogP contribution in [0, 0.1) is 5.82 Å². The molecule has 3 heteroatoms. The SMILES string of the molecule is Fc1cc(-c2ccc3c(c2)COC3)ccc1CNC1CC1. The minimum Gasteiger partial charge on any atom is -0.372 e. The van der Waals surface area contributed by atoms with E-state index in [2.05, 4.69) is 17.4 Å². The highest BCUT2D eigenvalue weighted by molar-refractivity contribution is 5.65. The van der Waals surface area contributed by atoms with Gasteiger partial charge in [-0.1, -0.05) is 24.3 Å². The van der Waals surface area contributed by atoms with Crippen LogP contribution in [0.1, 0.15) is 29.5 Å². The van der Waals surface area contributed by atoms with Crippen molar-refractivity contribution in [2.24, 2.45) is 0 Å². The number of ether oxygens (including phenoxy) is 1. The van der Waals surface area contributed by atoms with Gasteiger partial charge in [0.25, 0.3) is 0 Å². The van der Waals surface area contributed by atoms with Crippen LogP contribution in [-0.4, -0.2) is 6.04 Å². The molecule has 0 unspecified atom stereocenters. The minimum absolute atomic E-state index is 0.127. The molecule has 108 valence electrons. The van der Waals surface area contributed by atoms with E-state index in [9.17, 15) is 4.39 Å². The summed E-state index contributed by atoms with van der Waals surface area (Å²) >= 11 is 0. The van der Waals surface area contributed by atoms with E-state index in [1.807, 2.05) is 18.2 Å². The van der Waals surface area contributed by atoms with Crippen LogP contribution in [0.25, 0.3) is 11.1 Å². The molecule has 21 heavy (non-hydrogen) atoms. The zero-order valence-corrected chi connectivity index (χ0v) is 11.9. The summed E-state index contributed by atoms with van der Waals surface area (Å²) in [6.45, 7) is 1.97. The Balaban J connectivity index is 1.58. The fourth-order valence-electron chi connectivity index (χ4n) is 2.76. The number of halogens is 1. The van der Waals surface area contributed by atoms with E-state index in [4.69, 9.17) is 4.74 Å². The Morgan fingerprint density at radius 3 is 2.57 bits per heavy atom. The quantitative estimate of drug-likeness (QED) is 0.922. The lowest BCUT2D eigenvalue weighted by molar-refractivity contribution is 0.134. The summed E-state index contributed by atoms with van der Waals surface area (Å²) < 4.78 is 19.6. The summed E-state index contributed by atoms with van der Waals surface area (Å²) in [6, 6.07) is 12.4. The number of fused-ring (bicyclic) bond motifs is 1. The predicted octanol–water partition coefficient (Wildman–Crippen LogP) is 3.77. The van der Waals surface area contributed by atoms with Gasteiger partial charge in [0.15, 0.2) is 0 Å². The molecule has 2 aromatic rings. The lowest BCUT2D eigenvalue weighted by atomic mass is 9.99. The molecular weight excluding hydrogens is 265 g/mol. The lowest BCUT2D eigenvalue weighted by Gasteiger charge is -2.08. The molecule has 2 aromatic carbocycles. The van der Waals surface area contributed by atoms with E-state index >= 15 is 0 Å². The smallest absolute Gasteiger partial charge is 0.128 e. The Kier molecular flexibility index (Phi) is 3.24. The number of nitrogens with one attached hydrogen (secondary N) is 1. The molecule has 0 spiro atoms. The van der Waals surface area contributed by atoms with Crippen molar-refractivity contribution < 1.29 is 9.13 Å². The second-order valence-corrected chi connectivity index (χ2v) is 5.94. The van der Waals surface area contributed by atoms with Crippen molar-refractivity contribution in [1.82, 2.24) is 5.32 Å². The summed E-state index contributed by atoms with van der Waals surface area (Å²) in [5, 5.41) is 3.35. The maximum Gasteiger partial charge on any atom is 0.128 e. The Bertz CT molecular complexity index is 679. The van der Waals surface area contributed by atoms with Crippen LogP contribution in [0.2, 0.25) is 0 Å². The summed E-state index contributed by atoms with van der Waals surface area (Å²) in [5.74, 6) is -0.127. The van der Waals surface area contributed by atoms with Gasteiger partial charge in [-0.15, -0.1) is 0 Å². The van der Waals surface area contributed by atoms with Crippen molar-refractivity contribution in [3.63, 3.8) is 0 Å². The lowest BCUT2D eigenvalue weighted by Crippen LogP contribution is -2.16. The summed E-state index contributed by atoms with van der Waals surface area (Å²) in [5.41, 5.74) is 5.18. The van der Waals surface area contributed by atoms with E-state index in [-0.39, 0.29) is 5.82 Å². The number of benzene rings is 2. The second-order valence-electron chi connectivity index (χ2n) is 5.94. The van der Waals surface area contributed by atoms with E-state index < -0.39 is 0 Å².